The van der Waals surface area contributed by atoms with Crippen LogP contribution in [-0.2, 0) is 32.7 Å². The van der Waals surface area contributed by atoms with Crippen molar-refractivity contribution in [2.75, 3.05) is 47.5 Å². The summed E-state index contributed by atoms with van der Waals surface area (Å²) in [6, 6.07) is 0. The fourth-order valence-corrected chi connectivity index (χ4v) is 5.84. The maximum absolute atomic E-state index is 12.6. The first-order valence-corrected chi connectivity index (χ1v) is 22.0. The Kier molecular flexibility index (Phi) is 33.9. The molecule has 53 heavy (non-hydrogen) atoms. The molecule has 0 aromatic carbocycles. The predicted molar refractivity (Wildman–Crippen MR) is 219 cm³/mol. The molecule has 0 spiro atoms. The first-order valence-electron chi connectivity index (χ1n) is 20.5. The molecule has 0 aromatic rings. The summed E-state index contributed by atoms with van der Waals surface area (Å²) in [7, 11) is 1.46. The van der Waals surface area contributed by atoms with E-state index in [9.17, 15) is 19.0 Å². The lowest BCUT2D eigenvalue weighted by atomic mass is 10.1. The molecule has 0 saturated heterocycles. The minimum absolute atomic E-state index is 0.0271. The summed E-state index contributed by atoms with van der Waals surface area (Å²) in [5.74, 6) is -0.827. The molecular weight excluding hydrogens is 689 g/mol. The van der Waals surface area contributed by atoms with Crippen LogP contribution >= 0.6 is 7.82 Å². The van der Waals surface area contributed by atoms with E-state index in [0.29, 0.717) is 17.4 Å². The van der Waals surface area contributed by atoms with Crippen molar-refractivity contribution in [1.82, 2.24) is 0 Å². The van der Waals surface area contributed by atoms with Crippen molar-refractivity contribution in [2.45, 2.75) is 155 Å². The number of likely N-dealkylation sites (N-methyl/N-ethyl adjacent to an activating group) is 1. The minimum Gasteiger partial charge on any atom is -0.462 e. The highest BCUT2D eigenvalue weighted by Crippen LogP contribution is 2.43. The molecule has 0 aromatic heterocycles. The van der Waals surface area contributed by atoms with Crippen molar-refractivity contribution in [3.63, 3.8) is 0 Å². The van der Waals surface area contributed by atoms with Gasteiger partial charge in [-0.2, -0.15) is 0 Å². The third-order valence-electron chi connectivity index (χ3n) is 8.31. The third-order valence-corrected chi connectivity index (χ3v) is 9.30. The monoisotopic (exact) mass is 767 g/mol. The van der Waals surface area contributed by atoms with Gasteiger partial charge in [0.25, 0.3) is 0 Å². The predicted octanol–water partition coefficient (Wildman–Crippen LogP) is 11.3. The summed E-state index contributed by atoms with van der Waals surface area (Å²) in [5, 5.41) is 0. The number of rotatable bonds is 36. The van der Waals surface area contributed by atoms with E-state index in [2.05, 4.69) is 74.6 Å². The smallest absolute Gasteiger partial charge is 0.462 e. The number of esters is 2. The van der Waals surface area contributed by atoms with Gasteiger partial charge in [-0.15, -0.1) is 0 Å². The number of nitrogens with zero attached hydrogens (tertiary/aromatic N) is 1. The average molecular weight is 767 g/mol. The number of hydrogen-bond donors (Lipinski definition) is 1. The molecule has 1 N–H and O–H groups in total. The van der Waals surface area contributed by atoms with Crippen LogP contribution in [0, 0.1) is 0 Å². The Labute approximate surface area is 324 Å². The van der Waals surface area contributed by atoms with Gasteiger partial charge in [0.2, 0.25) is 0 Å². The molecule has 10 heteroatoms. The third kappa shape index (κ3) is 39.2. The largest absolute Gasteiger partial charge is 0.472 e. The molecule has 0 fully saturated rings. The summed E-state index contributed by atoms with van der Waals surface area (Å²) in [6.07, 6.45) is 41.6. The molecule has 0 aliphatic carbocycles. The van der Waals surface area contributed by atoms with Crippen LogP contribution in [0.1, 0.15) is 149 Å². The Morgan fingerprint density at radius 3 is 1.60 bits per heavy atom. The Bertz CT molecular complexity index is 1090. The number of carbonyl (C=O) groups excluding carboxylic acids is 2. The van der Waals surface area contributed by atoms with Crippen LogP contribution in [-0.4, -0.2) is 74.9 Å². The number of phosphoric ester groups is 1. The average Bonchev–Trinajstić information content (AvgIpc) is 3.10. The first kappa shape index (κ1) is 50.7. The molecule has 0 amide bonds. The summed E-state index contributed by atoms with van der Waals surface area (Å²) in [6.45, 7) is 4.20. The normalized spacial score (nSPS) is 14.3. The van der Waals surface area contributed by atoms with Crippen LogP contribution in [0.2, 0.25) is 0 Å². The first-order chi connectivity index (χ1) is 25.5. The molecule has 2 atom stereocenters. The summed E-state index contributed by atoms with van der Waals surface area (Å²) >= 11 is 0. The zero-order chi connectivity index (χ0) is 39.3. The van der Waals surface area contributed by atoms with Crippen LogP contribution in [0.15, 0.2) is 60.8 Å². The van der Waals surface area contributed by atoms with Crippen molar-refractivity contribution < 1.29 is 42.1 Å². The van der Waals surface area contributed by atoms with Crippen molar-refractivity contribution in [1.29, 1.82) is 0 Å². The van der Waals surface area contributed by atoms with E-state index in [1.165, 1.54) is 32.1 Å². The van der Waals surface area contributed by atoms with Crippen LogP contribution in [0.4, 0.5) is 0 Å². The minimum atomic E-state index is -4.37. The molecule has 306 valence electrons. The van der Waals surface area contributed by atoms with Crippen molar-refractivity contribution >= 4 is 19.8 Å². The Morgan fingerprint density at radius 1 is 0.604 bits per heavy atom. The fourth-order valence-electron chi connectivity index (χ4n) is 5.10. The molecule has 0 aliphatic rings. The molecule has 9 nitrogen and oxygen atoms in total. The molecule has 2 unspecified atom stereocenters. The van der Waals surface area contributed by atoms with Gasteiger partial charge in [-0.05, 0) is 57.8 Å². The van der Waals surface area contributed by atoms with E-state index in [-0.39, 0.29) is 32.0 Å². The number of unbranched alkanes of at least 4 members (excludes halogenated alkanes) is 12. The number of ether oxygens (including phenoxy) is 2. The maximum Gasteiger partial charge on any atom is 0.472 e. The van der Waals surface area contributed by atoms with Gasteiger partial charge in [0.15, 0.2) is 6.10 Å². The summed E-state index contributed by atoms with van der Waals surface area (Å²) in [5.41, 5.74) is 0. The standard InChI is InChI=1S/C43H76NO8P/c1-6-8-10-12-14-15-16-17-18-19-20-21-22-23-24-25-26-27-28-29-30-32-34-36-43(46)52-41(39-49-42(45)35-33-31-13-11-9-7-2)40-51-53(47,48)50-38-37-44(3,4)5/h8,10,14-15,17-18,20-21,23-24,41H,6-7,9,11-13,16,19,22,25-40H2,1-5H3/p+1/b10-8-,15-14-,18-17-,21-20-,24-23-. The van der Waals surface area contributed by atoms with E-state index in [1.54, 1.807) is 0 Å². The number of allylic oxidation sites excluding steroid dienone is 10. The quantitative estimate of drug-likeness (QED) is 0.0221. The highest BCUT2D eigenvalue weighted by Gasteiger charge is 2.27. The van der Waals surface area contributed by atoms with E-state index in [0.717, 1.165) is 83.5 Å². The van der Waals surface area contributed by atoms with Crippen molar-refractivity contribution in [3.8, 4) is 0 Å². The Hall–Kier alpha value is -2.29. The zero-order valence-corrected chi connectivity index (χ0v) is 35.1. The number of quaternary nitrogens is 1. The molecule has 0 radical (unpaired) electrons. The molecule has 0 bridgehead atoms. The molecule has 0 aliphatic heterocycles. The number of carbonyl (C=O) groups is 2. The second-order valence-electron chi connectivity index (χ2n) is 14.6. The van der Waals surface area contributed by atoms with Gasteiger partial charge >= 0.3 is 19.8 Å². The van der Waals surface area contributed by atoms with Gasteiger partial charge in [0, 0.05) is 12.8 Å². The lowest BCUT2D eigenvalue weighted by Crippen LogP contribution is -2.37. The van der Waals surface area contributed by atoms with Crippen molar-refractivity contribution in [2.24, 2.45) is 0 Å². The molecule has 0 rings (SSSR count). The number of hydrogen-bond acceptors (Lipinski definition) is 7. The van der Waals surface area contributed by atoms with Crippen LogP contribution in [0.5, 0.6) is 0 Å². The lowest BCUT2D eigenvalue weighted by Gasteiger charge is -2.24. The van der Waals surface area contributed by atoms with E-state index >= 15 is 0 Å². The Balaban J connectivity index is 4.25. The zero-order valence-electron chi connectivity index (χ0n) is 34.2. The Morgan fingerprint density at radius 2 is 1.08 bits per heavy atom. The van der Waals surface area contributed by atoms with E-state index < -0.39 is 26.5 Å². The lowest BCUT2D eigenvalue weighted by molar-refractivity contribution is -0.870. The van der Waals surface area contributed by atoms with Crippen LogP contribution in [0.25, 0.3) is 0 Å². The topological polar surface area (TPSA) is 108 Å². The maximum atomic E-state index is 12.6. The highest BCUT2D eigenvalue weighted by molar-refractivity contribution is 7.47. The van der Waals surface area contributed by atoms with Gasteiger partial charge < -0.3 is 18.9 Å². The van der Waals surface area contributed by atoms with Gasteiger partial charge in [0.05, 0.1) is 27.7 Å². The number of phosphoric acid groups is 1. The molecule has 0 heterocycles. The van der Waals surface area contributed by atoms with Gasteiger partial charge in [0.1, 0.15) is 19.8 Å². The fraction of sp³-hybridized carbons (Fsp3) is 0.721. The van der Waals surface area contributed by atoms with Gasteiger partial charge in [-0.25, -0.2) is 4.57 Å². The van der Waals surface area contributed by atoms with E-state index in [4.69, 9.17) is 18.5 Å². The summed E-state index contributed by atoms with van der Waals surface area (Å²) < 4.78 is 34.1. The highest BCUT2D eigenvalue weighted by atomic mass is 31.2. The van der Waals surface area contributed by atoms with Crippen molar-refractivity contribution in [3.05, 3.63) is 60.8 Å². The van der Waals surface area contributed by atoms with Crippen LogP contribution in [0.3, 0.4) is 0 Å². The second-order valence-corrected chi connectivity index (χ2v) is 16.1. The second kappa shape index (κ2) is 35.4. The molecular formula is C43H77NO8P+. The SMILES string of the molecule is CC/C=C\C/C=C\C/C=C\C/C=C\C/C=C\CCCCCCCCCC(=O)OC(COC(=O)CCCCCCCC)COP(=O)(O)OCC[N+](C)(C)C. The summed E-state index contributed by atoms with van der Waals surface area (Å²) in [4.78, 5) is 35.0. The van der Waals surface area contributed by atoms with Gasteiger partial charge in [-0.1, -0.05) is 139 Å². The molecule has 0 saturated carbocycles. The van der Waals surface area contributed by atoms with E-state index in [1.807, 2.05) is 21.1 Å². The van der Waals surface area contributed by atoms with Gasteiger partial charge in [-0.3, -0.25) is 18.6 Å². The van der Waals surface area contributed by atoms with Crippen LogP contribution < -0.4 is 0 Å².